The van der Waals surface area contributed by atoms with Crippen molar-refractivity contribution in [2.24, 2.45) is 0 Å². The first-order chi connectivity index (χ1) is 8.43. The highest BCUT2D eigenvalue weighted by Crippen LogP contribution is 2.29. The molecule has 2 rings (SSSR count). The van der Waals surface area contributed by atoms with Crippen molar-refractivity contribution < 1.29 is 13.5 Å². The number of allylic oxidation sites excluding steroid dienone is 2. The molecule has 18 heavy (non-hydrogen) atoms. The summed E-state index contributed by atoms with van der Waals surface area (Å²) < 4.78 is 26.1. The van der Waals surface area contributed by atoms with Crippen molar-refractivity contribution in [1.82, 2.24) is 0 Å². The number of sulfonamides is 1. The highest BCUT2D eigenvalue weighted by atomic mass is 32.2. The minimum atomic E-state index is -3.55. The van der Waals surface area contributed by atoms with Gasteiger partial charge in [-0.25, -0.2) is 8.42 Å². The third-order valence-corrected chi connectivity index (χ3v) is 5.00. The molecule has 96 valence electrons. The molecule has 1 aromatic rings. The van der Waals surface area contributed by atoms with Gasteiger partial charge in [-0.1, -0.05) is 24.3 Å². The molecule has 1 unspecified atom stereocenters. The molecule has 0 heterocycles. The minimum Gasteiger partial charge on any atom is -0.508 e. The molecule has 1 aliphatic carbocycles. The lowest BCUT2D eigenvalue weighted by atomic mass is 10.0. The Kier molecular flexibility index (Phi) is 3.17. The molecular weight excluding hydrogens is 250 g/mol. The summed E-state index contributed by atoms with van der Waals surface area (Å²) in [6.45, 7) is 1.62. The van der Waals surface area contributed by atoms with E-state index >= 15 is 0 Å². The zero-order valence-electron chi connectivity index (χ0n) is 10.00. The SMILES string of the molecule is CC1(S(=O)(=O)Nc2ccccc2)C=CC(O)=CC1. The number of hydrogen-bond donors (Lipinski definition) is 2. The van der Waals surface area contributed by atoms with Crippen molar-refractivity contribution >= 4 is 15.7 Å². The van der Waals surface area contributed by atoms with Crippen molar-refractivity contribution in [2.75, 3.05) is 4.72 Å². The molecule has 1 aromatic carbocycles. The molecule has 5 heteroatoms. The van der Waals surface area contributed by atoms with E-state index in [1.54, 1.807) is 31.2 Å². The van der Waals surface area contributed by atoms with Gasteiger partial charge in [0.2, 0.25) is 10.0 Å². The van der Waals surface area contributed by atoms with Gasteiger partial charge in [0.25, 0.3) is 0 Å². The van der Waals surface area contributed by atoms with E-state index in [1.165, 1.54) is 18.2 Å². The Labute approximate surface area is 107 Å². The summed E-state index contributed by atoms with van der Waals surface area (Å²) in [5, 5.41) is 9.26. The zero-order valence-corrected chi connectivity index (χ0v) is 10.8. The maximum Gasteiger partial charge on any atom is 0.242 e. The molecule has 1 aliphatic rings. The van der Waals surface area contributed by atoms with Crippen LogP contribution in [0.2, 0.25) is 0 Å². The Bertz CT molecular complexity index is 590. The maximum absolute atomic E-state index is 12.3. The summed E-state index contributed by atoms with van der Waals surface area (Å²) in [6, 6.07) is 8.74. The lowest BCUT2D eigenvalue weighted by Gasteiger charge is -2.27. The predicted octanol–water partition coefficient (Wildman–Crippen LogP) is 2.59. The molecule has 0 spiro atoms. The van der Waals surface area contributed by atoms with E-state index in [1.807, 2.05) is 6.07 Å². The summed E-state index contributed by atoms with van der Waals surface area (Å²) in [6.07, 6.45) is 4.67. The van der Waals surface area contributed by atoms with Crippen LogP contribution in [0.15, 0.2) is 54.3 Å². The monoisotopic (exact) mass is 265 g/mol. The van der Waals surface area contributed by atoms with Crippen LogP contribution >= 0.6 is 0 Å². The maximum atomic E-state index is 12.3. The number of anilines is 1. The van der Waals surface area contributed by atoms with Gasteiger partial charge in [0.05, 0.1) is 0 Å². The summed E-state index contributed by atoms with van der Waals surface area (Å²) in [5.74, 6) is 0.0994. The van der Waals surface area contributed by atoms with E-state index in [9.17, 15) is 13.5 Å². The largest absolute Gasteiger partial charge is 0.508 e. The smallest absolute Gasteiger partial charge is 0.242 e. The van der Waals surface area contributed by atoms with Gasteiger partial charge in [0.1, 0.15) is 10.5 Å². The number of nitrogens with one attached hydrogen (secondary N) is 1. The van der Waals surface area contributed by atoms with Crippen LogP contribution in [0, 0.1) is 0 Å². The highest BCUT2D eigenvalue weighted by Gasteiger charge is 2.37. The topological polar surface area (TPSA) is 66.4 Å². The van der Waals surface area contributed by atoms with Gasteiger partial charge in [-0.05, 0) is 37.6 Å². The summed E-state index contributed by atoms with van der Waals surface area (Å²) in [7, 11) is -3.55. The first-order valence-corrected chi connectivity index (χ1v) is 7.07. The van der Waals surface area contributed by atoms with Crippen molar-refractivity contribution in [3.05, 3.63) is 54.3 Å². The van der Waals surface area contributed by atoms with E-state index in [-0.39, 0.29) is 12.2 Å². The Balaban J connectivity index is 2.25. The second-order valence-corrected chi connectivity index (χ2v) is 6.59. The van der Waals surface area contributed by atoms with Crippen LogP contribution in [0.1, 0.15) is 13.3 Å². The van der Waals surface area contributed by atoms with Crippen LogP contribution in [0.3, 0.4) is 0 Å². The van der Waals surface area contributed by atoms with E-state index in [0.29, 0.717) is 5.69 Å². The molecule has 0 saturated carbocycles. The fourth-order valence-corrected chi connectivity index (χ4v) is 2.91. The fourth-order valence-electron chi connectivity index (χ4n) is 1.68. The van der Waals surface area contributed by atoms with Gasteiger partial charge in [-0.15, -0.1) is 0 Å². The number of para-hydroxylation sites is 1. The Morgan fingerprint density at radius 1 is 1.28 bits per heavy atom. The quantitative estimate of drug-likeness (QED) is 0.882. The van der Waals surface area contributed by atoms with Gasteiger partial charge in [-0.3, -0.25) is 4.72 Å². The zero-order chi connectivity index (χ0) is 13.2. The third-order valence-electron chi connectivity index (χ3n) is 2.96. The number of rotatable bonds is 3. The molecule has 4 nitrogen and oxygen atoms in total. The third kappa shape index (κ3) is 2.41. The number of benzene rings is 1. The first kappa shape index (κ1) is 12.7. The van der Waals surface area contributed by atoms with E-state index < -0.39 is 14.8 Å². The lowest BCUT2D eigenvalue weighted by molar-refractivity contribution is 0.423. The molecule has 0 amide bonds. The van der Waals surface area contributed by atoms with Crippen molar-refractivity contribution in [3.8, 4) is 0 Å². The van der Waals surface area contributed by atoms with Crippen LogP contribution in [0.4, 0.5) is 5.69 Å². The summed E-state index contributed by atoms with van der Waals surface area (Å²) in [5.41, 5.74) is 0.533. The predicted molar refractivity (Wildman–Crippen MR) is 71.9 cm³/mol. The number of aliphatic hydroxyl groups excluding tert-OH is 1. The number of hydrogen-bond acceptors (Lipinski definition) is 3. The molecular formula is C13H15NO3S. The van der Waals surface area contributed by atoms with E-state index in [2.05, 4.69) is 4.72 Å². The van der Waals surface area contributed by atoms with Crippen molar-refractivity contribution in [2.45, 2.75) is 18.1 Å². The Hall–Kier alpha value is -1.75. The molecule has 2 N–H and O–H groups in total. The standard InChI is InChI=1S/C13H15NO3S/c1-13(9-7-12(15)8-10-13)18(16,17)14-11-5-3-2-4-6-11/h2-9,14-15H,10H2,1H3. The van der Waals surface area contributed by atoms with Gasteiger partial charge < -0.3 is 5.11 Å². The normalized spacial score (nSPS) is 23.5. The van der Waals surface area contributed by atoms with E-state index in [0.717, 1.165) is 0 Å². The van der Waals surface area contributed by atoms with Crippen LogP contribution in [0.5, 0.6) is 0 Å². The first-order valence-electron chi connectivity index (χ1n) is 5.59. The molecule has 0 bridgehead atoms. The van der Waals surface area contributed by atoms with E-state index in [4.69, 9.17) is 0 Å². The van der Waals surface area contributed by atoms with Crippen LogP contribution in [0.25, 0.3) is 0 Å². The Morgan fingerprint density at radius 3 is 2.50 bits per heavy atom. The molecule has 0 radical (unpaired) electrons. The minimum absolute atomic E-state index is 0.0994. The average Bonchev–Trinajstić information content (AvgIpc) is 2.34. The van der Waals surface area contributed by atoms with Crippen molar-refractivity contribution in [3.63, 3.8) is 0 Å². The average molecular weight is 265 g/mol. The van der Waals surface area contributed by atoms with Crippen molar-refractivity contribution in [1.29, 1.82) is 0 Å². The molecule has 1 atom stereocenters. The summed E-state index contributed by atoms with van der Waals surface area (Å²) in [4.78, 5) is 0. The van der Waals surface area contributed by atoms with Gasteiger partial charge in [-0.2, -0.15) is 0 Å². The molecule has 0 saturated heterocycles. The van der Waals surface area contributed by atoms with Crippen LogP contribution in [-0.4, -0.2) is 18.3 Å². The fraction of sp³-hybridized carbons (Fsp3) is 0.231. The Morgan fingerprint density at radius 2 is 1.94 bits per heavy atom. The van der Waals surface area contributed by atoms with Gasteiger partial charge in [0, 0.05) is 5.69 Å². The second kappa shape index (κ2) is 4.49. The molecule has 0 fully saturated rings. The molecule has 0 aliphatic heterocycles. The second-order valence-electron chi connectivity index (χ2n) is 4.45. The van der Waals surface area contributed by atoms with Gasteiger partial charge in [0.15, 0.2) is 0 Å². The van der Waals surface area contributed by atoms with Crippen LogP contribution in [-0.2, 0) is 10.0 Å². The highest BCUT2D eigenvalue weighted by molar-refractivity contribution is 7.94. The molecule has 0 aromatic heterocycles. The van der Waals surface area contributed by atoms with Crippen LogP contribution < -0.4 is 4.72 Å². The lowest BCUT2D eigenvalue weighted by Crippen LogP contribution is -2.38. The number of aliphatic hydroxyl groups is 1. The summed E-state index contributed by atoms with van der Waals surface area (Å²) >= 11 is 0. The van der Waals surface area contributed by atoms with Gasteiger partial charge >= 0.3 is 0 Å².